The van der Waals surface area contributed by atoms with Crippen LogP contribution in [0.5, 0.6) is 11.5 Å². The number of nitrogens with one attached hydrogen (secondary N) is 1. The third-order valence-corrected chi connectivity index (χ3v) is 3.84. The van der Waals surface area contributed by atoms with Gasteiger partial charge in [0.1, 0.15) is 0 Å². The number of halogens is 1. The number of carboxylic acid groups (broad SMARTS) is 1. The van der Waals surface area contributed by atoms with Crippen LogP contribution in [-0.2, 0) is 4.79 Å². The molecule has 0 fully saturated rings. The fourth-order valence-electron chi connectivity index (χ4n) is 2.11. The highest BCUT2D eigenvalue weighted by Crippen LogP contribution is 2.35. The number of aliphatic carboxylic acids is 1. The van der Waals surface area contributed by atoms with Crippen LogP contribution in [-0.4, -0.2) is 17.9 Å². The van der Waals surface area contributed by atoms with E-state index in [9.17, 15) is 9.90 Å². The summed E-state index contributed by atoms with van der Waals surface area (Å²) < 4.78 is 11.3. The normalized spacial score (nSPS) is 13.8. The number of carboxylic acids is 1. The van der Waals surface area contributed by atoms with Crippen molar-refractivity contribution in [3.63, 3.8) is 0 Å². The smallest absolute Gasteiger partial charge is 0.330 e. The number of hydrogen-bond donors (Lipinski definition) is 2. The van der Waals surface area contributed by atoms with E-state index < -0.39 is 12.0 Å². The maximum Gasteiger partial charge on any atom is 0.330 e. The van der Waals surface area contributed by atoms with Crippen LogP contribution in [0.15, 0.2) is 46.9 Å². The van der Waals surface area contributed by atoms with Gasteiger partial charge in [0.25, 0.3) is 0 Å². The molecule has 0 saturated carbocycles. The summed E-state index contributed by atoms with van der Waals surface area (Å²) in [5.74, 6) is 0.223. The topological polar surface area (TPSA) is 67.8 Å². The van der Waals surface area contributed by atoms with Gasteiger partial charge < -0.3 is 19.9 Å². The first-order chi connectivity index (χ1) is 10.1. The first-order valence-electron chi connectivity index (χ1n) is 6.28. The van der Waals surface area contributed by atoms with Gasteiger partial charge in [0.2, 0.25) is 6.79 Å². The molecule has 0 amide bonds. The van der Waals surface area contributed by atoms with E-state index in [0.29, 0.717) is 22.7 Å². The van der Waals surface area contributed by atoms with E-state index in [1.807, 2.05) is 24.3 Å². The fraction of sp³-hybridized carbons (Fsp3) is 0.133. The molecular weight excluding hydrogens is 338 g/mol. The molecule has 0 saturated heterocycles. The van der Waals surface area contributed by atoms with Gasteiger partial charge in [-0.15, -0.1) is 0 Å². The lowest BCUT2D eigenvalue weighted by atomic mass is 10.1. The SMILES string of the molecule is O=C(O)C(Nc1ccccc1Br)c1ccc2c(c1)OCO2. The van der Waals surface area contributed by atoms with Gasteiger partial charge in [-0.1, -0.05) is 18.2 Å². The number of carbonyl (C=O) groups is 1. The van der Waals surface area contributed by atoms with Crippen LogP contribution >= 0.6 is 15.9 Å². The van der Waals surface area contributed by atoms with E-state index in [-0.39, 0.29) is 6.79 Å². The lowest BCUT2D eigenvalue weighted by Crippen LogP contribution is -2.20. The number of fused-ring (bicyclic) bond motifs is 1. The molecule has 2 aromatic carbocycles. The second-order valence-electron chi connectivity index (χ2n) is 4.51. The van der Waals surface area contributed by atoms with Crippen LogP contribution in [0.3, 0.4) is 0 Å². The average Bonchev–Trinajstić information content (AvgIpc) is 2.93. The molecular formula is C15H12BrNO4. The zero-order valence-corrected chi connectivity index (χ0v) is 12.5. The molecule has 1 aliphatic heterocycles. The summed E-state index contributed by atoms with van der Waals surface area (Å²) >= 11 is 3.40. The number of ether oxygens (including phenoxy) is 2. The Balaban J connectivity index is 1.92. The van der Waals surface area contributed by atoms with E-state index in [1.165, 1.54) is 0 Å². The van der Waals surface area contributed by atoms with E-state index in [2.05, 4.69) is 21.2 Å². The predicted octanol–water partition coefficient (Wildman–Crippen LogP) is 3.42. The first-order valence-corrected chi connectivity index (χ1v) is 7.08. The molecule has 1 aliphatic rings. The van der Waals surface area contributed by atoms with Gasteiger partial charge in [-0.3, -0.25) is 0 Å². The van der Waals surface area contributed by atoms with Gasteiger partial charge in [0.05, 0.1) is 0 Å². The lowest BCUT2D eigenvalue weighted by molar-refractivity contribution is -0.138. The van der Waals surface area contributed by atoms with E-state index in [0.717, 1.165) is 4.47 Å². The Bertz CT molecular complexity index is 689. The molecule has 0 radical (unpaired) electrons. The Hall–Kier alpha value is -2.21. The van der Waals surface area contributed by atoms with Crippen molar-refractivity contribution in [3.8, 4) is 11.5 Å². The molecule has 0 aliphatic carbocycles. The highest BCUT2D eigenvalue weighted by Gasteiger charge is 2.23. The Morgan fingerprint density at radius 1 is 1.19 bits per heavy atom. The van der Waals surface area contributed by atoms with Crippen LogP contribution in [0.2, 0.25) is 0 Å². The molecule has 0 spiro atoms. The van der Waals surface area contributed by atoms with Gasteiger partial charge in [-0.2, -0.15) is 0 Å². The van der Waals surface area contributed by atoms with Gasteiger partial charge in [0, 0.05) is 10.2 Å². The van der Waals surface area contributed by atoms with Crippen molar-refractivity contribution in [1.29, 1.82) is 0 Å². The van der Waals surface area contributed by atoms with E-state index in [1.54, 1.807) is 18.2 Å². The third kappa shape index (κ3) is 2.80. The highest BCUT2D eigenvalue weighted by molar-refractivity contribution is 9.10. The number of rotatable bonds is 4. The molecule has 2 N–H and O–H groups in total. The van der Waals surface area contributed by atoms with Crippen LogP contribution in [0.1, 0.15) is 11.6 Å². The van der Waals surface area contributed by atoms with Gasteiger partial charge in [-0.05, 0) is 45.8 Å². The molecule has 108 valence electrons. The Morgan fingerprint density at radius 3 is 2.71 bits per heavy atom. The summed E-state index contributed by atoms with van der Waals surface area (Å²) in [6.07, 6.45) is 0. The number of para-hydroxylation sites is 1. The van der Waals surface area contributed by atoms with Crippen LogP contribution < -0.4 is 14.8 Å². The van der Waals surface area contributed by atoms with Crippen molar-refractivity contribution in [2.24, 2.45) is 0 Å². The van der Waals surface area contributed by atoms with Crippen molar-refractivity contribution < 1.29 is 19.4 Å². The molecule has 2 aromatic rings. The van der Waals surface area contributed by atoms with E-state index in [4.69, 9.17) is 9.47 Å². The van der Waals surface area contributed by atoms with Crippen molar-refractivity contribution in [3.05, 3.63) is 52.5 Å². The fourth-order valence-corrected chi connectivity index (χ4v) is 2.51. The summed E-state index contributed by atoms with van der Waals surface area (Å²) in [6.45, 7) is 0.161. The molecule has 1 unspecified atom stereocenters. The Morgan fingerprint density at radius 2 is 1.95 bits per heavy atom. The monoisotopic (exact) mass is 349 g/mol. The standard InChI is InChI=1S/C15H12BrNO4/c16-10-3-1-2-4-11(10)17-14(15(18)19)9-5-6-12-13(7-9)21-8-20-12/h1-7,14,17H,8H2,(H,18,19). The molecule has 1 heterocycles. The molecule has 0 aromatic heterocycles. The van der Waals surface area contributed by atoms with Gasteiger partial charge >= 0.3 is 5.97 Å². The second-order valence-corrected chi connectivity index (χ2v) is 5.36. The minimum absolute atomic E-state index is 0.161. The quantitative estimate of drug-likeness (QED) is 0.885. The van der Waals surface area contributed by atoms with Crippen molar-refractivity contribution in [2.45, 2.75) is 6.04 Å². The maximum absolute atomic E-state index is 11.6. The minimum atomic E-state index is -0.968. The first kappa shape index (κ1) is 13.8. The number of anilines is 1. The maximum atomic E-state index is 11.6. The lowest BCUT2D eigenvalue weighted by Gasteiger charge is -2.17. The molecule has 21 heavy (non-hydrogen) atoms. The highest BCUT2D eigenvalue weighted by atomic mass is 79.9. The molecule has 0 bridgehead atoms. The molecule has 5 nitrogen and oxygen atoms in total. The summed E-state index contributed by atoms with van der Waals surface area (Å²) in [7, 11) is 0. The summed E-state index contributed by atoms with van der Waals surface area (Å²) in [5.41, 5.74) is 1.31. The minimum Gasteiger partial charge on any atom is -0.479 e. The third-order valence-electron chi connectivity index (χ3n) is 3.15. The second kappa shape index (κ2) is 5.65. The molecule has 6 heteroatoms. The Kier molecular flexibility index (Phi) is 3.70. The zero-order chi connectivity index (χ0) is 14.8. The van der Waals surface area contributed by atoms with Crippen LogP contribution in [0, 0.1) is 0 Å². The molecule has 3 rings (SSSR count). The van der Waals surface area contributed by atoms with Crippen LogP contribution in [0.25, 0.3) is 0 Å². The predicted molar refractivity (Wildman–Crippen MR) is 80.7 cm³/mol. The van der Waals surface area contributed by atoms with Crippen molar-refractivity contribution in [2.75, 3.05) is 12.1 Å². The largest absolute Gasteiger partial charge is 0.479 e. The van der Waals surface area contributed by atoms with Crippen LogP contribution in [0.4, 0.5) is 5.69 Å². The number of hydrogen-bond acceptors (Lipinski definition) is 4. The van der Waals surface area contributed by atoms with Gasteiger partial charge in [0.15, 0.2) is 17.5 Å². The zero-order valence-electron chi connectivity index (χ0n) is 10.9. The Labute approximate surface area is 129 Å². The number of benzene rings is 2. The van der Waals surface area contributed by atoms with Gasteiger partial charge in [-0.25, -0.2) is 4.79 Å². The van der Waals surface area contributed by atoms with Crippen molar-refractivity contribution in [1.82, 2.24) is 0 Å². The van der Waals surface area contributed by atoms with Crippen molar-refractivity contribution >= 4 is 27.6 Å². The summed E-state index contributed by atoms with van der Waals surface area (Å²) in [5, 5.41) is 12.5. The summed E-state index contributed by atoms with van der Waals surface area (Å²) in [6, 6.07) is 11.6. The molecule has 1 atom stereocenters. The van der Waals surface area contributed by atoms with E-state index >= 15 is 0 Å². The summed E-state index contributed by atoms with van der Waals surface area (Å²) in [4.78, 5) is 11.6. The average molecular weight is 350 g/mol.